The third-order valence-electron chi connectivity index (χ3n) is 4.39. The van der Waals surface area contributed by atoms with Gasteiger partial charge in [-0.25, -0.2) is 0 Å². The number of carbonyl (C=O) groups excluding carboxylic acids is 3. The van der Waals surface area contributed by atoms with E-state index in [9.17, 15) is 14.4 Å². The molecule has 1 fully saturated rings. The number of carbonyl (C=O) groups is 3. The Labute approximate surface area is 177 Å². The molecule has 152 valence electrons. The number of rotatable bonds is 6. The summed E-state index contributed by atoms with van der Waals surface area (Å²) in [7, 11) is 1.56. The summed E-state index contributed by atoms with van der Waals surface area (Å²) in [6.07, 6.45) is 0.0271. The van der Waals surface area contributed by atoms with Crippen molar-refractivity contribution in [1.29, 1.82) is 0 Å². The summed E-state index contributed by atoms with van der Waals surface area (Å²) < 4.78 is 10.2. The maximum Gasteiger partial charge on any atom is 0.311 e. The van der Waals surface area contributed by atoms with Gasteiger partial charge in [0.25, 0.3) is 5.91 Å². The molecule has 0 aliphatic carbocycles. The predicted octanol–water partition coefficient (Wildman–Crippen LogP) is 3.54. The standard InChI is InChI=1S/C20H18Cl2N2O5/c1-28-15-5-3-14(4-6-15)24-10-12(8-19(24)26)20(27)29-11-18(25)23-13-2-7-16(21)17(22)9-13/h2-7,9,12H,8,10-11H2,1H3,(H,23,25)/t12-/m1/s1. The molecule has 1 atom stereocenters. The molecule has 2 aromatic rings. The highest BCUT2D eigenvalue weighted by Gasteiger charge is 2.36. The van der Waals surface area contributed by atoms with Gasteiger partial charge >= 0.3 is 5.97 Å². The Hall–Kier alpha value is -2.77. The second kappa shape index (κ2) is 9.15. The third kappa shape index (κ3) is 5.19. The number of hydrogen-bond acceptors (Lipinski definition) is 5. The van der Waals surface area contributed by atoms with Gasteiger partial charge in [0.05, 0.1) is 23.1 Å². The maximum absolute atomic E-state index is 12.3. The molecule has 3 rings (SSSR count). The molecule has 2 aromatic carbocycles. The monoisotopic (exact) mass is 436 g/mol. The van der Waals surface area contributed by atoms with Crippen molar-refractivity contribution in [2.24, 2.45) is 5.92 Å². The molecule has 0 radical (unpaired) electrons. The lowest BCUT2D eigenvalue weighted by molar-refractivity contribution is -0.151. The highest BCUT2D eigenvalue weighted by atomic mass is 35.5. The van der Waals surface area contributed by atoms with Gasteiger partial charge in [0.2, 0.25) is 5.91 Å². The summed E-state index contributed by atoms with van der Waals surface area (Å²) >= 11 is 11.7. The van der Waals surface area contributed by atoms with Crippen LogP contribution in [0.2, 0.25) is 10.0 Å². The van der Waals surface area contributed by atoms with Gasteiger partial charge in [-0.1, -0.05) is 23.2 Å². The summed E-state index contributed by atoms with van der Waals surface area (Å²) in [5.41, 5.74) is 1.10. The summed E-state index contributed by atoms with van der Waals surface area (Å²) in [5.74, 6) is -1.27. The van der Waals surface area contributed by atoms with Crippen LogP contribution in [-0.4, -0.2) is 38.0 Å². The summed E-state index contributed by atoms with van der Waals surface area (Å²) in [6, 6.07) is 11.6. The van der Waals surface area contributed by atoms with Crippen LogP contribution in [0.1, 0.15) is 6.42 Å². The first kappa shape index (κ1) is 21.0. The molecule has 1 saturated heterocycles. The topological polar surface area (TPSA) is 84.9 Å². The van der Waals surface area contributed by atoms with Gasteiger partial charge in [-0.2, -0.15) is 0 Å². The van der Waals surface area contributed by atoms with Crippen molar-refractivity contribution in [3.05, 3.63) is 52.5 Å². The Morgan fingerprint density at radius 2 is 1.86 bits per heavy atom. The molecule has 0 spiro atoms. The molecule has 1 aliphatic rings. The van der Waals surface area contributed by atoms with Crippen molar-refractivity contribution < 1.29 is 23.9 Å². The van der Waals surface area contributed by atoms with Crippen LogP contribution in [-0.2, 0) is 19.1 Å². The average Bonchev–Trinajstić information content (AvgIpc) is 3.11. The molecule has 0 bridgehead atoms. The van der Waals surface area contributed by atoms with Crippen molar-refractivity contribution >= 4 is 52.4 Å². The van der Waals surface area contributed by atoms with Crippen LogP contribution in [0.4, 0.5) is 11.4 Å². The summed E-state index contributed by atoms with van der Waals surface area (Å²) in [5, 5.41) is 3.22. The van der Waals surface area contributed by atoms with Crippen LogP contribution in [0.25, 0.3) is 0 Å². The number of hydrogen-bond donors (Lipinski definition) is 1. The molecule has 2 amide bonds. The Bertz CT molecular complexity index is 933. The zero-order valence-electron chi connectivity index (χ0n) is 15.5. The van der Waals surface area contributed by atoms with Crippen molar-refractivity contribution in [3.8, 4) is 5.75 Å². The first-order chi connectivity index (χ1) is 13.9. The molecular weight excluding hydrogens is 419 g/mol. The lowest BCUT2D eigenvalue weighted by Gasteiger charge is -2.16. The van der Waals surface area contributed by atoms with E-state index in [0.29, 0.717) is 27.2 Å². The second-order valence-corrected chi connectivity index (χ2v) is 7.20. The normalized spacial score (nSPS) is 15.9. The van der Waals surface area contributed by atoms with E-state index in [1.807, 2.05) is 0 Å². The third-order valence-corrected chi connectivity index (χ3v) is 5.13. The van der Waals surface area contributed by atoms with E-state index in [-0.39, 0.29) is 18.9 Å². The fraction of sp³-hybridized carbons (Fsp3) is 0.250. The van der Waals surface area contributed by atoms with Gasteiger partial charge in [-0.05, 0) is 42.5 Å². The largest absolute Gasteiger partial charge is 0.497 e. The Balaban J connectivity index is 1.52. The highest BCUT2D eigenvalue weighted by molar-refractivity contribution is 6.42. The lowest BCUT2D eigenvalue weighted by Crippen LogP contribution is -2.28. The van der Waals surface area contributed by atoms with E-state index in [2.05, 4.69) is 5.32 Å². The van der Waals surface area contributed by atoms with Crippen LogP contribution < -0.4 is 15.0 Å². The fourth-order valence-corrected chi connectivity index (χ4v) is 3.20. The Morgan fingerprint density at radius 3 is 2.52 bits per heavy atom. The van der Waals surface area contributed by atoms with E-state index < -0.39 is 24.4 Å². The number of ether oxygens (including phenoxy) is 2. The second-order valence-electron chi connectivity index (χ2n) is 6.39. The fourth-order valence-electron chi connectivity index (χ4n) is 2.90. The average molecular weight is 437 g/mol. The van der Waals surface area contributed by atoms with Gasteiger partial charge < -0.3 is 19.7 Å². The molecule has 29 heavy (non-hydrogen) atoms. The molecule has 0 aromatic heterocycles. The van der Waals surface area contributed by atoms with Crippen LogP contribution in [0.5, 0.6) is 5.75 Å². The number of esters is 1. The van der Waals surface area contributed by atoms with Crippen LogP contribution in [0.15, 0.2) is 42.5 Å². The number of nitrogens with zero attached hydrogens (tertiary/aromatic N) is 1. The first-order valence-electron chi connectivity index (χ1n) is 8.73. The van der Waals surface area contributed by atoms with Crippen molar-refractivity contribution in [2.75, 3.05) is 30.5 Å². The Morgan fingerprint density at radius 1 is 1.14 bits per heavy atom. The first-order valence-corrected chi connectivity index (χ1v) is 9.49. The van der Waals surface area contributed by atoms with Gasteiger partial charge in [0.15, 0.2) is 6.61 Å². The minimum absolute atomic E-state index is 0.0271. The molecule has 0 unspecified atom stereocenters. The molecule has 1 aliphatic heterocycles. The zero-order valence-corrected chi connectivity index (χ0v) is 17.0. The molecular formula is C20H18Cl2N2O5. The van der Waals surface area contributed by atoms with E-state index in [0.717, 1.165) is 0 Å². The number of anilines is 2. The summed E-state index contributed by atoms with van der Waals surface area (Å²) in [6.45, 7) is -0.273. The van der Waals surface area contributed by atoms with E-state index >= 15 is 0 Å². The summed E-state index contributed by atoms with van der Waals surface area (Å²) in [4.78, 5) is 38.1. The smallest absolute Gasteiger partial charge is 0.311 e. The number of amides is 2. The van der Waals surface area contributed by atoms with E-state index in [1.165, 1.54) is 11.0 Å². The van der Waals surface area contributed by atoms with Gasteiger partial charge in [0, 0.05) is 24.3 Å². The minimum atomic E-state index is -0.637. The molecule has 1 heterocycles. The van der Waals surface area contributed by atoms with Crippen LogP contribution >= 0.6 is 23.2 Å². The van der Waals surface area contributed by atoms with Crippen molar-refractivity contribution in [3.63, 3.8) is 0 Å². The molecule has 0 saturated carbocycles. The zero-order chi connectivity index (χ0) is 21.0. The Kier molecular flexibility index (Phi) is 6.61. The van der Waals surface area contributed by atoms with E-state index in [4.69, 9.17) is 32.7 Å². The minimum Gasteiger partial charge on any atom is -0.497 e. The maximum atomic E-state index is 12.3. The van der Waals surface area contributed by atoms with Crippen molar-refractivity contribution in [2.45, 2.75) is 6.42 Å². The van der Waals surface area contributed by atoms with Gasteiger partial charge in [-0.15, -0.1) is 0 Å². The molecule has 7 nitrogen and oxygen atoms in total. The van der Waals surface area contributed by atoms with E-state index in [1.54, 1.807) is 43.5 Å². The van der Waals surface area contributed by atoms with Crippen molar-refractivity contribution in [1.82, 2.24) is 0 Å². The van der Waals surface area contributed by atoms with Gasteiger partial charge in [0.1, 0.15) is 5.75 Å². The molecule has 9 heteroatoms. The lowest BCUT2D eigenvalue weighted by atomic mass is 10.1. The predicted molar refractivity (Wildman–Crippen MR) is 110 cm³/mol. The number of nitrogens with one attached hydrogen (secondary N) is 1. The quantitative estimate of drug-likeness (QED) is 0.699. The van der Waals surface area contributed by atoms with Crippen LogP contribution in [0.3, 0.4) is 0 Å². The SMILES string of the molecule is COc1ccc(N2C[C@H](C(=O)OCC(=O)Nc3ccc(Cl)c(Cl)c3)CC2=O)cc1. The number of methoxy groups -OCH3 is 1. The van der Waals surface area contributed by atoms with Crippen LogP contribution in [0, 0.1) is 5.92 Å². The number of halogens is 2. The molecule has 1 N–H and O–H groups in total. The van der Waals surface area contributed by atoms with Gasteiger partial charge in [-0.3, -0.25) is 14.4 Å². The number of benzene rings is 2. The highest BCUT2D eigenvalue weighted by Crippen LogP contribution is 2.28.